The Morgan fingerprint density at radius 3 is 1.63 bits per heavy atom. The van der Waals surface area contributed by atoms with Crippen molar-refractivity contribution in [3.8, 4) is 0 Å². The van der Waals surface area contributed by atoms with Crippen LogP contribution in [0.3, 0.4) is 0 Å². The van der Waals surface area contributed by atoms with Gasteiger partial charge in [0.15, 0.2) is 11.6 Å². The van der Waals surface area contributed by atoms with Gasteiger partial charge in [0.25, 0.3) is 0 Å². The number of hydrogen-bond donors (Lipinski definition) is 0. The minimum absolute atomic E-state index is 0.00867. The Kier molecular flexibility index (Phi) is 11.7. The van der Waals surface area contributed by atoms with Crippen molar-refractivity contribution in [3.05, 3.63) is 88.5 Å². The number of unbranched alkanes of at least 4 members (excludes halogenated alkanes) is 1. The predicted octanol–water partition coefficient (Wildman–Crippen LogP) is 13.0. The number of rotatable bonds is 11. The molecule has 0 bridgehead atoms. The molecule has 0 aliphatic heterocycles. The third-order valence-electron chi connectivity index (χ3n) is 12.7. The fourth-order valence-electron chi connectivity index (χ4n) is 9.90. The Balaban J connectivity index is 0.957. The molecular formula is C45H56O2S2. The van der Waals surface area contributed by atoms with Crippen molar-refractivity contribution in [1.29, 1.82) is 0 Å². The third kappa shape index (κ3) is 7.96. The van der Waals surface area contributed by atoms with Crippen LogP contribution in [0, 0.1) is 29.6 Å². The van der Waals surface area contributed by atoms with E-state index in [4.69, 9.17) is 0 Å². The molecule has 0 amide bonds. The van der Waals surface area contributed by atoms with E-state index in [1.54, 1.807) is 11.8 Å². The van der Waals surface area contributed by atoms with Crippen molar-refractivity contribution in [2.45, 2.75) is 143 Å². The summed E-state index contributed by atoms with van der Waals surface area (Å²) >= 11 is 3.46. The Morgan fingerprint density at radius 1 is 0.571 bits per heavy atom. The molecule has 4 aliphatic rings. The van der Waals surface area contributed by atoms with Gasteiger partial charge in [0.2, 0.25) is 0 Å². The molecule has 0 N–H and O–H groups in total. The molecule has 3 fully saturated rings. The van der Waals surface area contributed by atoms with Crippen LogP contribution in [0.1, 0.15) is 154 Å². The summed E-state index contributed by atoms with van der Waals surface area (Å²) in [5, 5.41) is 0.517. The van der Waals surface area contributed by atoms with Gasteiger partial charge in [-0.15, -0.1) is 11.8 Å². The molecule has 260 valence electrons. The molecule has 0 aromatic heterocycles. The molecule has 0 unspecified atom stereocenters. The van der Waals surface area contributed by atoms with E-state index in [1.165, 1.54) is 108 Å². The van der Waals surface area contributed by atoms with E-state index in [0.29, 0.717) is 27.5 Å². The number of thioether (sulfide) groups is 1. The fraction of sp³-hybridized carbons (Fsp3) is 0.556. The van der Waals surface area contributed by atoms with Crippen molar-refractivity contribution < 1.29 is 9.59 Å². The number of ketones is 2. The summed E-state index contributed by atoms with van der Waals surface area (Å²) in [7, 11) is 0. The minimum atomic E-state index is -0.0111. The topological polar surface area (TPSA) is 34.1 Å². The van der Waals surface area contributed by atoms with Gasteiger partial charge in [0.05, 0.1) is 0 Å². The number of hydrogen-bond acceptors (Lipinski definition) is 4. The number of fused-ring (bicyclic) bond motifs is 2. The zero-order valence-corrected chi connectivity index (χ0v) is 31.5. The zero-order chi connectivity index (χ0) is 33.7. The van der Waals surface area contributed by atoms with Crippen LogP contribution in [-0.2, 0) is 6.42 Å². The van der Waals surface area contributed by atoms with Crippen molar-refractivity contribution in [1.82, 2.24) is 0 Å². The van der Waals surface area contributed by atoms with Crippen LogP contribution in [0.25, 0.3) is 0 Å². The molecule has 3 saturated carbocycles. The molecule has 3 aromatic rings. The summed E-state index contributed by atoms with van der Waals surface area (Å²) < 4.78 is 0. The predicted molar refractivity (Wildman–Crippen MR) is 206 cm³/mol. The lowest BCUT2D eigenvalue weighted by molar-refractivity contribution is 0.0974. The molecule has 0 atom stereocenters. The van der Waals surface area contributed by atoms with E-state index in [1.807, 2.05) is 42.1 Å². The van der Waals surface area contributed by atoms with Crippen molar-refractivity contribution in [2.24, 2.45) is 29.6 Å². The van der Waals surface area contributed by atoms with Crippen LogP contribution in [0.15, 0.2) is 75.4 Å². The lowest BCUT2D eigenvalue weighted by atomic mass is 9.65. The van der Waals surface area contributed by atoms with Gasteiger partial charge < -0.3 is 0 Å². The first-order chi connectivity index (χ1) is 24.0. The molecule has 49 heavy (non-hydrogen) atoms. The summed E-state index contributed by atoms with van der Waals surface area (Å²) in [6.07, 6.45) is 23.2. The van der Waals surface area contributed by atoms with Crippen LogP contribution in [0.2, 0.25) is 0 Å². The summed E-state index contributed by atoms with van der Waals surface area (Å²) in [5.74, 6) is 4.82. The maximum Gasteiger partial charge on any atom is 0.195 e. The molecule has 0 radical (unpaired) electrons. The molecule has 7 rings (SSSR count). The average molecular weight is 693 g/mol. The molecule has 2 nitrogen and oxygen atoms in total. The Bertz CT molecular complexity index is 1580. The van der Waals surface area contributed by atoms with Crippen LogP contribution in [0.5, 0.6) is 0 Å². The first-order valence-electron chi connectivity index (χ1n) is 19.8. The number of benzene rings is 3. The summed E-state index contributed by atoms with van der Waals surface area (Å²) in [4.78, 5) is 31.2. The van der Waals surface area contributed by atoms with Gasteiger partial charge in [-0.1, -0.05) is 94.1 Å². The Morgan fingerprint density at radius 2 is 1.08 bits per heavy atom. The highest BCUT2D eigenvalue weighted by molar-refractivity contribution is 8.00. The molecule has 4 aliphatic carbocycles. The van der Waals surface area contributed by atoms with Crippen LogP contribution < -0.4 is 0 Å². The summed E-state index contributed by atoms with van der Waals surface area (Å²) in [6.45, 7) is 4.57. The van der Waals surface area contributed by atoms with Gasteiger partial charge in [0, 0.05) is 42.2 Å². The van der Waals surface area contributed by atoms with Crippen LogP contribution in [0.4, 0.5) is 0 Å². The SMILES string of the molecule is CCCCc1ccc(Sc2cccc3c2C(=O)c2cccc(SC4CCC(C5CCC(C6CCC(CCC)CC6)CC5)CC4)c2C3=O)cc1. The largest absolute Gasteiger partial charge is 0.289 e. The summed E-state index contributed by atoms with van der Waals surface area (Å²) in [5.41, 5.74) is 3.69. The van der Waals surface area contributed by atoms with Crippen molar-refractivity contribution in [3.63, 3.8) is 0 Å². The second-order valence-electron chi connectivity index (χ2n) is 15.8. The zero-order valence-electron chi connectivity index (χ0n) is 29.9. The number of carbonyl (C=O) groups is 2. The smallest absolute Gasteiger partial charge is 0.195 e. The van der Waals surface area contributed by atoms with Gasteiger partial charge in [-0.25, -0.2) is 0 Å². The average Bonchev–Trinajstić information content (AvgIpc) is 3.14. The van der Waals surface area contributed by atoms with E-state index in [9.17, 15) is 9.59 Å². The van der Waals surface area contributed by atoms with Crippen molar-refractivity contribution >= 4 is 35.1 Å². The highest BCUT2D eigenvalue weighted by atomic mass is 32.2. The highest BCUT2D eigenvalue weighted by Crippen LogP contribution is 2.48. The standard InChI is InChI=1S/C45H56O2S2/c1-3-5-9-31-16-26-36(27-17-31)48-40-12-6-10-38-42(40)44(46)39-11-7-13-41(43(39)45(38)47)49-37-28-24-35(25-29-37)34-22-20-33(21-23-34)32-18-14-30(8-4-2)15-19-32/h6-7,10-13,16-17,26-27,30,32-35,37H,3-5,8-9,14-15,18-25,28-29H2,1-2H3. The van der Waals surface area contributed by atoms with Crippen molar-refractivity contribution in [2.75, 3.05) is 0 Å². The molecule has 4 heteroatoms. The van der Waals surface area contributed by atoms with Gasteiger partial charge >= 0.3 is 0 Å². The summed E-state index contributed by atoms with van der Waals surface area (Å²) in [6, 6.07) is 20.4. The van der Waals surface area contributed by atoms with E-state index in [-0.39, 0.29) is 11.6 Å². The Labute approximate surface area is 304 Å². The minimum Gasteiger partial charge on any atom is -0.289 e. The van der Waals surface area contributed by atoms with Crippen LogP contribution in [-0.4, -0.2) is 16.8 Å². The molecule has 0 heterocycles. The fourth-order valence-corrected chi connectivity index (χ4v) is 12.2. The van der Waals surface area contributed by atoms with Gasteiger partial charge in [0.1, 0.15) is 0 Å². The van der Waals surface area contributed by atoms with E-state index >= 15 is 0 Å². The first-order valence-corrected chi connectivity index (χ1v) is 21.5. The van der Waals surface area contributed by atoms with E-state index in [2.05, 4.69) is 44.2 Å². The maximum atomic E-state index is 14.1. The molecule has 0 spiro atoms. The number of carbonyl (C=O) groups excluding carboxylic acids is 2. The third-order valence-corrected chi connectivity index (χ3v) is 15.2. The quantitative estimate of drug-likeness (QED) is 0.157. The van der Waals surface area contributed by atoms with E-state index < -0.39 is 0 Å². The maximum absolute atomic E-state index is 14.1. The van der Waals surface area contributed by atoms with Gasteiger partial charge in [-0.3, -0.25) is 9.59 Å². The Hall–Kier alpha value is -2.30. The lowest BCUT2D eigenvalue weighted by Crippen LogP contribution is -2.30. The normalized spacial score (nSPS) is 27.1. The molecule has 0 saturated heterocycles. The lowest BCUT2D eigenvalue weighted by Gasteiger charge is -2.41. The first kappa shape index (κ1) is 35.1. The monoisotopic (exact) mass is 692 g/mol. The van der Waals surface area contributed by atoms with Gasteiger partial charge in [-0.2, -0.15) is 0 Å². The second kappa shape index (κ2) is 16.4. The second-order valence-corrected chi connectivity index (χ2v) is 18.2. The molecule has 3 aromatic carbocycles. The number of aryl methyl sites for hydroxylation is 1. The van der Waals surface area contributed by atoms with E-state index in [0.717, 1.165) is 50.7 Å². The van der Waals surface area contributed by atoms with Gasteiger partial charge in [-0.05, 0) is 136 Å². The van der Waals surface area contributed by atoms with Crippen LogP contribution >= 0.6 is 23.5 Å². The molecular weight excluding hydrogens is 637 g/mol. The highest BCUT2D eigenvalue weighted by Gasteiger charge is 2.37.